The van der Waals surface area contributed by atoms with Crippen molar-refractivity contribution < 1.29 is 9.21 Å². The van der Waals surface area contributed by atoms with Gasteiger partial charge in [-0.15, -0.1) is 11.3 Å². The number of nitrogens with zero attached hydrogens (tertiary/aromatic N) is 2. The molecule has 3 aromatic rings. The molecule has 0 unspecified atom stereocenters. The van der Waals surface area contributed by atoms with E-state index in [2.05, 4.69) is 20.5 Å². The molecule has 0 spiro atoms. The number of H-pyrrole nitrogens is 1. The molecule has 0 saturated carbocycles. The number of anilines is 1. The van der Waals surface area contributed by atoms with E-state index in [4.69, 9.17) is 10.2 Å². The van der Waals surface area contributed by atoms with E-state index in [1.165, 1.54) is 11.3 Å². The summed E-state index contributed by atoms with van der Waals surface area (Å²) in [6, 6.07) is 5.80. The van der Waals surface area contributed by atoms with Gasteiger partial charge in [0, 0.05) is 10.9 Å². The molecule has 0 atom stereocenters. The van der Waals surface area contributed by atoms with Crippen LogP contribution in [-0.4, -0.2) is 21.1 Å². The van der Waals surface area contributed by atoms with Crippen molar-refractivity contribution in [1.82, 2.24) is 15.2 Å². The lowest BCUT2D eigenvalue weighted by Gasteiger charge is -1.99. The molecular formula is C13H13N5O2S. The van der Waals surface area contributed by atoms with Crippen molar-refractivity contribution in [2.24, 2.45) is 5.73 Å². The maximum atomic E-state index is 12.1. The molecule has 0 fully saturated rings. The predicted molar refractivity (Wildman–Crippen MR) is 79.0 cm³/mol. The Balaban J connectivity index is 1.77. The molecule has 0 aromatic carbocycles. The van der Waals surface area contributed by atoms with Crippen molar-refractivity contribution in [3.8, 4) is 10.6 Å². The number of aromatic amines is 1. The summed E-state index contributed by atoms with van der Waals surface area (Å²) in [6.07, 6.45) is 1.20. The van der Waals surface area contributed by atoms with Gasteiger partial charge in [-0.3, -0.25) is 9.89 Å². The Morgan fingerprint density at radius 2 is 2.38 bits per heavy atom. The van der Waals surface area contributed by atoms with Gasteiger partial charge in [0.25, 0.3) is 5.91 Å². The molecule has 4 N–H and O–H groups in total. The van der Waals surface area contributed by atoms with Gasteiger partial charge in [0.2, 0.25) is 0 Å². The van der Waals surface area contributed by atoms with Crippen LogP contribution in [0.3, 0.4) is 0 Å². The molecule has 3 aromatic heterocycles. The van der Waals surface area contributed by atoms with Crippen LogP contribution in [0.1, 0.15) is 21.1 Å². The largest absolute Gasteiger partial charge is 0.446 e. The van der Waals surface area contributed by atoms with Crippen LogP contribution in [0.25, 0.3) is 10.6 Å². The minimum atomic E-state index is -0.399. The molecule has 21 heavy (non-hydrogen) atoms. The first-order chi connectivity index (χ1) is 10.2. The zero-order valence-electron chi connectivity index (χ0n) is 11.2. The number of hydrogen-bond acceptors (Lipinski definition) is 6. The summed E-state index contributed by atoms with van der Waals surface area (Å²) in [5.74, 6) is 0.369. The van der Waals surface area contributed by atoms with Crippen molar-refractivity contribution in [3.63, 3.8) is 0 Å². The van der Waals surface area contributed by atoms with Gasteiger partial charge in [0.1, 0.15) is 0 Å². The van der Waals surface area contributed by atoms with Gasteiger partial charge >= 0.3 is 0 Å². The molecule has 0 radical (unpaired) electrons. The number of nitrogens with one attached hydrogen (secondary N) is 2. The highest BCUT2D eigenvalue weighted by Crippen LogP contribution is 2.27. The fourth-order valence-corrected chi connectivity index (χ4v) is 2.70. The van der Waals surface area contributed by atoms with E-state index >= 15 is 0 Å². The van der Waals surface area contributed by atoms with Crippen LogP contribution < -0.4 is 11.1 Å². The Labute approximate surface area is 124 Å². The third-order valence-corrected chi connectivity index (χ3v) is 3.90. The normalized spacial score (nSPS) is 10.8. The van der Waals surface area contributed by atoms with E-state index in [0.717, 1.165) is 10.6 Å². The standard InChI is InChI=1S/C13H13N5O2S/c1-7-2-3-10(21-7)8-4-11(18-17-8)16-13(19)12-9(5-14)20-6-15-12/h2-4,6H,5,14H2,1H3,(H2,16,17,18,19). The lowest BCUT2D eigenvalue weighted by Crippen LogP contribution is -2.15. The Hall–Kier alpha value is -2.45. The Kier molecular flexibility index (Phi) is 3.55. The van der Waals surface area contributed by atoms with Crippen LogP contribution >= 0.6 is 11.3 Å². The smallest absolute Gasteiger partial charge is 0.279 e. The number of carbonyl (C=O) groups is 1. The number of carbonyl (C=O) groups excluding carboxylic acids is 1. The molecule has 7 nitrogen and oxygen atoms in total. The van der Waals surface area contributed by atoms with E-state index in [0.29, 0.717) is 11.6 Å². The van der Waals surface area contributed by atoms with Crippen molar-refractivity contribution in [2.45, 2.75) is 13.5 Å². The molecular weight excluding hydrogens is 290 g/mol. The summed E-state index contributed by atoms with van der Waals surface area (Å²) in [6.45, 7) is 2.15. The van der Waals surface area contributed by atoms with Crippen molar-refractivity contribution in [1.29, 1.82) is 0 Å². The number of rotatable bonds is 4. The van der Waals surface area contributed by atoms with E-state index in [9.17, 15) is 4.79 Å². The SMILES string of the molecule is Cc1ccc(-c2cc(NC(=O)c3ncoc3CN)n[nH]2)s1. The average molecular weight is 303 g/mol. The van der Waals surface area contributed by atoms with Crippen LogP contribution in [0, 0.1) is 6.92 Å². The first-order valence-corrected chi connectivity index (χ1v) is 7.05. The number of aryl methyl sites for hydroxylation is 1. The van der Waals surface area contributed by atoms with E-state index in [1.54, 1.807) is 17.4 Å². The van der Waals surface area contributed by atoms with E-state index in [-0.39, 0.29) is 12.2 Å². The molecule has 8 heteroatoms. The van der Waals surface area contributed by atoms with Crippen LogP contribution in [0.4, 0.5) is 5.82 Å². The van der Waals surface area contributed by atoms with Crippen molar-refractivity contribution in [2.75, 3.05) is 5.32 Å². The monoisotopic (exact) mass is 303 g/mol. The van der Waals surface area contributed by atoms with E-state index in [1.807, 2.05) is 19.1 Å². The second-order valence-corrected chi connectivity index (χ2v) is 5.65. The molecule has 0 bridgehead atoms. The number of oxazole rings is 1. The molecule has 0 saturated heterocycles. The molecule has 108 valence electrons. The van der Waals surface area contributed by atoms with Gasteiger partial charge in [0.05, 0.1) is 17.1 Å². The third kappa shape index (κ3) is 2.71. The first-order valence-electron chi connectivity index (χ1n) is 6.23. The number of hydrogen-bond donors (Lipinski definition) is 3. The molecule has 1 amide bonds. The second kappa shape index (κ2) is 5.51. The van der Waals surface area contributed by atoms with Crippen LogP contribution in [0.2, 0.25) is 0 Å². The third-order valence-electron chi connectivity index (χ3n) is 2.87. The average Bonchev–Trinajstić information content (AvgIpc) is 3.17. The second-order valence-electron chi connectivity index (χ2n) is 4.36. The van der Waals surface area contributed by atoms with Crippen LogP contribution in [0.15, 0.2) is 29.0 Å². The first kappa shape index (κ1) is 13.5. The van der Waals surface area contributed by atoms with Crippen molar-refractivity contribution >= 4 is 23.1 Å². The highest BCUT2D eigenvalue weighted by Gasteiger charge is 2.17. The Morgan fingerprint density at radius 1 is 1.52 bits per heavy atom. The van der Waals surface area contributed by atoms with Gasteiger partial charge in [-0.05, 0) is 19.1 Å². The summed E-state index contributed by atoms with van der Waals surface area (Å²) < 4.78 is 5.03. The van der Waals surface area contributed by atoms with E-state index < -0.39 is 5.91 Å². The lowest BCUT2D eigenvalue weighted by atomic mass is 10.3. The summed E-state index contributed by atoms with van der Waals surface area (Å²) >= 11 is 1.65. The number of amides is 1. The highest BCUT2D eigenvalue weighted by molar-refractivity contribution is 7.15. The fourth-order valence-electron chi connectivity index (χ4n) is 1.87. The minimum absolute atomic E-state index is 0.114. The van der Waals surface area contributed by atoms with Gasteiger partial charge < -0.3 is 15.5 Å². The lowest BCUT2D eigenvalue weighted by molar-refractivity contribution is 0.102. The summed E-state index contributed by atoms with van der Waals surface area (Å²) in [5, 5.41) is 9.62. The zero-order valence-corrected chi connectivity index (χ0v) is 12.0. The Morgan fingerprint density at radius 3 is 3.10 bits per heavy atom. The molecule has 3 heterocycles. The minimum Gasteiger partial charge on any atom is -0.446 e. The topological polar surface area (TPSA) is 110 Å². The molecule has 0 aliphatic rings. The van der Waals surface area contributed by atoms with Crippen LogP contribution in [0.5, 0.6) is 0 Å². The number of aromatic nitrogens is 3. The highest BCUT2D eigenvalue weighted by atomic mass is 32.1. The number of thiophene rings is 1. The van der Waals surface area contributed by atoms with Gasteiger partial charge in [-0.2, -0.15) is 5.10 Å². The molecule has 0 aliphatic carbocycles. The Bertz CT molecular complexity index is 773. The van der Waals surface area contributed by atoms with Gasteiger partial charge in [-0.25, -0.2) is 4.98 Å². The maximum Gasteiger partial charge on any atom is 0.279 e. The molecule has 3 rings (SSSR count). The predicted octanol–water partition coefficient (Wildman–Crippen LogP) is 2.15. The summed E-state index contributed by atoms with van der Waals surface area (Å²) in [7, 11) is 0. The zero-order chi connectivity index (χ0) is 14.8. The quantitative estimate of drug-likeness (QED) is 0.684. The van der Waals surface area contributed by atoms with Gasteiger partial charge in [0.15, 0.2) is 23.7 Å². The summed E-state index contributed by atoms with van der Waals surface area (Å²) in [5.41, 5.74) is 6.50. The van der Waals surface area contributed by atoms with Crippen molar-refractivity contribution in [3.05, 3.63) is 40.9 Å². The van der Waals surface area contributed by atoms with Gasteiger partial charge in [-0.1, -0.05) is 0 Å². The maximum absolute atomic E-state index is 12.1. The summed E-state index contributed by atoms with van der Waals surface area (Å²) in [4.78, 5) is 18.2. The fraction of sp³-hybridized carbons (Fsp3) is 0.154. The molecule has 0 aliphatic heterocycles. The van der Waals surface area contributed by atoms with Crippen LogP contribution in [-0.2, 0) is 6.54 Å². The number of nitrogens with two attached hydrogens (primary N) is 1.